The van der Waals surface area contributed by atoms with Gasteiger partial charge in [-0.15, -0.1) is 16.4 Å². The van der Waals surface area contributed by atoms with Crippen molar-refractivity contribution in [2.75, 3.05) is 12.0 Å². The largest absolute Gasteiger partial charge is 0.497 e. The number of carbonyl (C=O) groups excluding carboxylic acids is 2. The van der Waals surface area contributed by atoms with Crippen molar-refractivity contribution in [2.45, 2.75) is 37.8 Å². The van der Waals surface area contributed by atoms with Crippen LogP contribution in [0.2, 0.25) is 0 Å². The zero-order valence-corrected chi connectivity index (χ0v) is 18.1. The van der Waals surface area contributed by atoms with Crippen LogP contribution in [0.25, 0.3) is 0 Å². The molecule has 156 valence electrons. The highest BCUT2D eigenvalue weighted by molar-refractivity contribution is 7.10. The van der Waals surface area contributed by atoms with E-state index < -0.39 is 6.04 Å². The molecular weight excluding hydrogens is 420 g/mol. The van der Waals surface area contributed by atoms with Gasteiger partial charge in [0.1, 0.15) is 5.75 Å². The van der Waals surface area contributed by atoms with Gasteiger partial charge < -0.3 is 10.1 Å². The summed E-state index contributed by atoms with van der Waals surface area (Å²) in [7, 11) is 1.59. The van der Waals surface area contributed by atoms with E-state index in [4.69, 9.17) is 4.74 Å². The second kappa shape index (κ2) is 9.36. The Kier molecular flexibility index (Phi) is 6.39. The quantitative estimate of drug-likeness (QED) is 0.597. The van der Waals surface area contributed by atoms with E-state index in [2.05, 4.69) is 14.9 Å². The number of nitrogens with one attached hydrogen (secondary N) is 1. The number of ether oxygens (including phenoxy) is 1. The summed E-state index contributed by atoms with van der Waals surface area (Å²) in [6.45, 7) is 0. The van der Waals surface area contributed by atoms with Gasteiger partial charge in [0.25, 0.3) is 5.91 Å². The van der Waals surface area contributed by atoms with Gasteiger partial charge in [0, 0.05) is 22.0 Å². The first-order chi connectivity index (χ1) is 14.7. The van der Waals surface area contributed by atoms with Gasteiger partial charge in [-0.3, -0.25) is 14.5 Å². The van der Waals surface area contributed by atoms with Crippen LogP contribution in [0.1, 0.15) is 47.1 Å². The molecule has 1 aliphatic carbocycles. The number of hydrogen-bond donors (Lipinski definition) is 1. The minimum atomic E-state index is -0.798. The van der Waals surface area contributed by atoms with Gasteiger partial charge in [-0.05, 0) is 60.1 Å². The number of methoxy groups -OCH3 is 1. The van der Waals surface area contributed by atoms with Gasteiger partial charge >= 0.3 is 0 Å². The van der Waals surface area contributed by atoms with E-state index in [9.17, 15) is 9.59 Å². The van der Waals surface area contributed by atoms with Gasteiger partial charge in [-0.25, -0.2) is 0 Å². The number of hydrogen-bond acceptors (Lipinski definition) is 7. The first kappa shape index (κ1) is 20.5. The van der Waals surface area contributed by atoms with Crippen molar-refractivity contribution in [1.29, 1.82) is 0 Å². The predicted molar refractivity (Wildman–Crippen MR) is 117 cm³/mol. The number of benzene rings is 1. The Bertz CT molecular complexity index is 968. The van der Waals surface area contributed by atoms with Crippen molar-refractivity contribution in [3.8, 4) is 5.75 Å². The predicted octanol–water partition coefficient (Wildman–Crippen LogP) is 4.06. The Hall–Kier alpha value is -2.78. The molecule has 1 aliphatic rings. The Labute approximate surface area is 182 Å². The fraction of sp³-hybridized carbons (Fsp3) is 0.333. The zero-order chi connectivity index (χ0) is 20.9. The molecule has 1 unspecified atom stereocenters. The van der Waals surface area contributed by atoms with Gasteiger partial charge in [0.15, 0.2) is 11.7 Å². The minimum Gasteiger partial charge on any atom is -0.497 e. The number of anilines is 1. The van der Waals surface area contributed by atoms with Crippen molar-refractivity contribution in [3.05, 3.63) is 57.7 Å². The van der Waals surface area contributed by atoms with Crippen molar-refractivity contribution >= 4 is 40.4 Å². The van der Waals surface area contributed by atoms with Crippen LogP contribution in [0, 0.1) is 0 Å². The molecule has 1 saturated carbocycles. The van der Waals surface area contributed by atoms with E-state index in [1.165, 1.54) is 16.2 Å². The smallest absolute Gasteiger partial charge is 0.280 e. The SMILES string of the molecule is COc1ccc(N(C(=O)c2csnn2)C(C(=O)NC2CCCC2)c2cccs2)cc1. The van der Waals surface area contributed by atoms with Crippen LogP contribution in [0.4, 0.5) is 5.69 Å². The van der Waals surface area contributed by atoms with Crippen LogP contribution in [-0.2, 0) is 4.79 Å². The topological polar surface area (TPSA) is 84.4 Å². The number of aromatic nitrogens is 2. The Morgan fingerprint density at radius 1 is 1.20 bits per heavy atom. The maximum atomic E-state index is 13.5. The third kappa shape index (κ3) is 4.36. The van der Waals surface area contributed by atoms with Gasteiger partial charge in [-0.2, -0.15) is 0 Å². The summed E-state index contributed by atoms with van der Waals surface area (Å²) in [5.74, 6) is 0.121. The molecule has 3 aromatic rings. The highest BCUT2D eigenvalue weighted by atomic mass is 32.1. The van der Waals surface area contributed by atoms with Crippen LogP contribution in [0.5, 0.6) is 5.75 Å². The average Bonchev–Trinajstić information content (AvgIpc) is 3.55. The Morgan fingerprint density at radius 2 is 1.97 bits per heavy atom. The lowest BCUT2D eigenvalue weighted by molar-refractivity contribution is -0.123. The summed E-state index contributed by atoms with van der Waals surface area (Å²) in [6.07, 6.45) is 4.16. The van der Waals surface area contributed by atoms with Crippen LogP contribution >= 0.6 is 22.9 Å². The molecule has 1 fully saturated rings. The van der Waals surface area contributed by atoms with Gasteiger partial charge in [0.2, 0.25) is 5.91 Å². The zero-order valence-electron chi connectivity index (χ0n) is 16.5. The molecule has 2 heterocycles. The van der Waals surface area contributed by atoms with E-state index in [1.54, 1.807) is 36.8 Å². The average molecular weight is 443 g/mol. The third-order valence-corrected chi connectivity index (χ3v) is 6.60. The maximum absolute atomic E-state index is 13.5. The second-order valence-corrected chi connectivity index (χ2v) is 8.66. The molecule has 1 N–H and O–H groups in total. The number of thiophene rings is 1. The number of rotatable bonds is 7. The lowest BCUT2D eigenvalue weighted by Gasteiger charge is -2.31. The summed E-state index contributed by atoms with van der Waals surface area (Å²) in [5.41, 5.74) is 0.805. The molecule has 0 aliphatic heterocycles. The highest BCUT2D eigenvalue weighted by Crippen LogP contribution is 2.33. The van der Waals surface area contributed by atoms with E-state index in [-0.39, 0.29) is 23.6 Å². The first-order valence-electron chi connectivity index (χ1n) is 9.76. The lowest BCUT2D eigenvalue weighted by Crippen LogP contribution is -2.46. The van der Waals surface area contributed by atoms with E-state index in [0.29, 0.717) is 11.4 Å². The molecule has 2 amide bonds. The second-order valence-electron chi connectivity index (χ2n) is 7.07. The van der Waals surface area contributed by atoms with E-state index >= 15 is 0 Å². The van der Waals surface area contributed by atoms with E-state index in [1.807, 2.05) is 17.5 Å². The molecule has 0 bridgehead atoms. The molecular formula is C21H22N4O3S2. The number of nitrogens with zero attached hydrogens (tertiary/aromatic N) is 3. The fourth-order valence-electron chi connectivity index (χ4n) is 3.68. The molecule has 9 heteroatoms. The Morgan fingerprint density at radius 3 is 2.57 bits per heavy atom. The van der Waals surface area contributed by atoms with Crippen LogP contribution in [0.3, 0.4) is 0 Å². The minimum absolute atomic E-state index is 0.147. The standard InChI is InChI=1S/C21H22N4O3S2/c1-28-16-10-8-15(9-11-16)25(21(27)17-13-30-24-23-17)19(18-7-4-12-29-18)20(26)22-14-5-2-3-6-14/h4,7-14,19H,2-3,5-6H2,1H3,(H,22,26). The fourth-order valence-corrected chi connectivity index (χ4v) is 4.92. The van der Waals surface area contributed by atoms with Crippen molar-refractivity contribution in [1.82, 2.24) is 14.9 Å². The van der Waals surface area contributed by atoms with Gasteiger partial charge in [-0.1, -0.05) is 23.4 Å². The van der Waals surface area contributed by atoms with Crippen molar-refractivity contribution in [3.63, 3.8) is 0 Å². The Balaban J connectivity index is 1.75. The number of carbonyl (C=O) groups is 2. The summed E-state index contributed by atoms with van der Waals surface area (Å²) in [5, 5.41) is 10.6. The van der Waals surface area contributed by atoms with Crippen molar-refractivity contribution < 1.29 is 14.3 Å². The highest BCUT2D eigenvalue weighted by Gasteiger charge is 2.36. The first-order valence-corrected chi connectivity index (χ1v) is 11.5. The monoisotopic (exact) mass is 442 g/mol. The molecule has 2 aromatic heterocycles. The molecule has 0 radical (unpaired) electrons. The molecule has 1 aromatic carbocycles. The molecule has 4 rings (SSSR count). The summed E-state index contributed by atoms with van der Waals surface area (Å²) < 4.78 is 9.07. The summed E-state index contributed by atoms with van der Waals surface area (Å²) in [6, 6.07) is 10.2. The molecule has 30 heavy (non-hydrogen) atoms. The molecule has 1 atom stereocenters. The maximum Gasteiger partial charge on any atom is 0.280 e. The van der Waals surface area contributed by atoms with Crippen LogP contribution in [0.15, 0.2) is 47.2 Å². The van der Waals surface area contributed by atoms with Crippen LogP contribution < -0.4 is 15.0 Å². The molecule has 7 nitrogen and oxygen atoms in total. The number of amides is 2. The van der Waals surface area contributed by atoms with Gasteiger partial charge in [0.05, 0.1) is 7.11 Å². The van der Waals surface area contributed by atoms with E-state index in [0.717, 1.165) is 42.1 Å². The molecule has 0 spiro atoms. The molecule has 0 saturated heterocycles. The summed E-state index contributed by atoms with van der Waals surface area (Å²) in [4.78, 5) is 29.2. The van der Waals surface area contributed by atoms with Crippen LogP contribution in [-0.4, -0.2) is 34.6 Å². The lowest BCUT2D eigenvalue weighted by atomic mass is 10.1. The summed E-state index contributed by atoms with van der Waals surface area (Å²) >= 11 is 2.55. The third-order valence-electron chi connectivity index (χ3n) is 5.17. The normalized spacial score (nSPS) is 15.0. The van der Waals surface area contributed by atoms with Crippen molar-refractivity contribution in [2.24, 2.45) is 0 Å².